The maximum atomic E-state index is 11.2. The Labute approximate surface area is 112 Å². The van der Waals surface area contributed by atoms with Gasteiger partial charge in [0.05, 0.1) is 23.0 Å². The van der Waals surface area contributed by atoms with E-state index in [-0.39, 0.29) is 11.9 Å². The Kier molecular flexibility index (Phi) is 5.28. The van der Waals surface area contributed by atoms with Gasteiger partial charge < -0.3 is 10.1 Å². The highest BCUT2D eigenvalue weighted by Gasteiger charge is 2.10. The van der Waals surface area contributed by atoms with Gasteiger partial charge in [0.25, 0.3) is 0 Å². The number of benzene rings is 1. The highest BCUT2D eigenvalue weighted by atomic mass is 79.9. The molecule has 1 aromatic rings. The monoisotopic (exact) mass is 349 g/mol. The summed E-state index contributed by atoms with van der Waals surface area (Å²) in [6.45, 7) is 1.94. The lowest BCUT2D eigenvalue weighted by atomic mass is 10.1. The number of carbonyl (C=O) groups excluding carboxylic acids is 1. The van der Waals surface area contributed by atoms with E-state index in [2.05, 4.69) is 37.2 Å². The molecule has 0 aromatic heterocycles. The smallest absolute Gasteiger partial charge is 0.231 e. The molecule has 1 rings (SSSR count). The molecule has 1 atom stereocenters. The molecule has 0 aliphatic heterocycles. The summed E-state index contributed by atoms with van der Waals surface area (Å²) in [5.74, 6) is 0.752. The minimum absolute atomic E-state index is 0.0211. The molecule has 0 aliphatic carbocycles. The molecule has 0 saturated carbocycles. The number of methoxy groups -OCH3 is 1. The fourth-order valence-electron chi connectivity index (χ4n) is 1.32. The molecule has 1 unspecified atom stereocenters. The van der Waals surface area contributed by atoms with Crippen LogP contribution in [0, 0.1) is 0 Å². The Bertz CT molecular complexity index is 382. The Morgan fingerprint density at radius 2 is 2.25 bits per heavy atom. The fraction of sp³-hybridized carbons (Fsp3) is 0.364. The second-order valence-electron chi connectivity index (χ2n) is 3.32. The summed E-state index contributed by atoms with van der Waals surface area (Å²) in [6, 6.07) is 5.73. The van der Waals surface area contributed by atoms with E-state index in [1.165, 1.54) is 0 Å². The molecule has 0 spiro atoms. The molecule has 0 bridgehead atoms. The minimum Gasteiger partial charge on any atom is -0.496 e. The first-order valence-corrected chi connectivity index (χ1v) is 6.68. The van der Waals surface area contributed by atoms with Crippen LogP contribution in [0.25, 0.3) is 0 Å². The second kappa shape index (κ2) is 6.25. The molecule has 16 heavy (non-hydrogen) atoms. The number of amides is 1. The third-order valence-electron chi connectivity index (χ3n) is 2.17. The Morgan fingerprint density at radius 1 is 1.56 bits per heavy atom. The van der Waals surface area contributed by atoms with Crippen molar-refractivity contribution < 1.29 is 9.53 Å². The van der Waals surface area contributed by atoms with Crippen LogP contribution in [0.2, 0.25) is 0 Å². The molecule has 3 nitrogen and oxygen atoms in total. The molecule has 0 fully saturated rings. The van der Waals surface area contributed by atoms with Crippen LogP contribution in [-0.2, 0) is 4.79 Å². The number of nitrogens with one attached hydrogen (secondary N) is 1. The van der Waals surface area contributed by atoms with Gasteiger partial charge in [-0.3, -0.25) is 4.79 Å². The summed E-state index contributed by atoms with van der Waals surface area (Å²) < 4.78 is 6.02. The summed E-state index contributed by atoms with van der Waals surface area (Å²) in [5, 5.41) is 3.18. The van der Waals surface area contributed by atoms with Crippen molar-refractivity contribution >= 4 is 37.8 Å². The average Bonchev–Trinajstić information content (AvgIpc) is 2.28. The summed E-state index contributed by atoms with van der Waals surface area (Å²) in [5.41, 5.74) is 1.03. The second-order valence-corrected chi connectivity index (χ2v) is 4.73. The first-order valence-electron chi connectivity index (χ1n) is 4.77. The van der Waals surface area contributed by atoms with Crippen LogP contribution in [0.4, 0.5) is 0 Å². The Balaban J connectivity index is 2.80. The third-order valence-corrected chi connectivity index (χ3v) is 3.30. The Hall–Kier alpha value is -0.550. The molecule has 0 heterocycles. The lowest BCUT2D eigenvalue weighted by molar-refractivity contribution is -0.119. The van der Waals surface area contributed by atoms with Crippen LogP contribution in [0.5, 0.6) is 5.75 Å². The number of hydrogen-bond acceptors (Lipinski definition) is 2. The summed E-state index contributed by atoms with van der Waals surface area (Å²) in [4.78, 5) is 11.2. The zero-order chi connectivity index (χ0) is 12.1. The van der Waals surface area contributed by atoms with E-state index in [1.54, 1.807) is 7.11 Å². The van der Waals surface area contributed by atoms with E-state index in [0.717, 1.165) is 15.8 Å². The molecule has 88 valence electrons. The number of halogens is 2. The van der Waals surface area contributed by atoms with Crippen LogP contribution in [0.3, 0.4) is 0 Å². The van der Waals surface area contributed by atoms with Gasteiger partial charge in [0.2, 0.25) is 5.91 Å². The maximum Gasteiger partial charge on any atom is 0.231 e. The first-order chi connectivity index (χ1) is 7.58. The molecule has 0 radical (unpaired) electrons. The van der Waals surface area contributed by atoms with Gasteiger partial charge >= 0.3 is 0 Å². The summed E-state index contributed by atoms with van der Waals surface area (Å²) in [7, 11) is 1.62. The van der Waals surface area contributed by atoms with Crippen LogP contribution in [0.15, 0.2) is 22.7 Å². The largest absolute Gasteiger partial charge is 0.496 e. The van der Waals surface area contributed by atoms with Crippen molar-refractivity contribution in [3.63, 3.8) is 0 Å². The number of rotatable bonds is 4. The van der Waals surface area contributed by atoms with Gasteiger partial charge in [-0.25, -0.2) is 0 Å². The lowest BCUT2D eigenvalue weighted by Crippen LogP contribution is -2.27. The summed E-state index contributed by atoms with van der Waals surface area (Å²) >= 11 is 6.52. The zero-order valence-electron chi connectivity index (χ0n) is 9.09. The predicted molar refractivity (Wildman–Crippen MR) is 71.0 cm³/mol. The van der Waals surface area contributed by atoms with Crippen molar-refractivity contribution in [2.24, 2.45) is 0 Å². The van der Waals surface area contributed by atoms with Crippen LogP contribution in [-0.4, -0.2) is 18.3 Å². The zero-order valence-corrected chi connectivity index (χ0v) is 12.3. The molecule has 1 aromatic carbocycles. The van der Waals surface area contributed by atoms with Gasteiger partial charge in [-0.15, -0.1) is 0 Å². The van der Waals surface area contributed by atoms with Crippen molar-refractivity contribution in [2.75, 3.05) is 12.4 Å². The van der Waals surface area contributed by atoms with Gasteiger partial charge in [0.1, 0.15) is 5.75 Å². The normalized spacial score (nSPS) is 12.0. The van der Waals surface area contributed by atoms with Gasteiger partial charge in [-0.2, -0.15) is 0 Å². The van der Waals surface area contributed by atoms with E-state index in [9.17, 15) is 4.79 Å². The number of ether oxygens (including phenoxy) is 1. The quantitative estimate of drug-likeness (QED) is 0.847. The first kappa shape index (κ1) is 13.5. The molecule has 0 aliphatic rings. The SMILES string of the molecule is COc1ccc(C(C)NC(=O)CBr)cc1Br. The van der Waals surface area contributed by atoms with Crippen molar-refractivity contribution in [2.45, 2.75) is 13.0 Å². The molecule has 5 heteroatoms. The van der Waals surface area contributed by atoms with Gasteiger partial charge in [-0.1, -0.05) is 22.0 Å². The van der Waals surface area contributed by atoms with E-state index in [0.29, 0.717) is 5.33 Å². The average molecular weight is 351 g/mol. The summed E-state index contributed by atoms with van der Waals surface area (Å²) in [6.07, 6.45) is 0. The standard InChI is InChI=1S/C11H13Br2NO2/c1-7(14-11(15)6-12)8-3-4-10(16-2)9(13)5-8/h3-5,7H,6H2,1-2H3,(H,14,15). The maximum absolute atomic E-state index is 11.2. The molecule has 1 N–H and O–H groups in total. The topological polar surface area (TPSA) is 38.3 Å². The molecular formula is C11H13Br2NO2. The van der Waals surface area contributed by atoms with Gasteiger partial charge in [-0.05, 0) is 40.5 Å². The van der Waals surface area contributed by atoms with E-state index in [4.69, 9.17) is 4.74 Å². The van der Waals surface area contributed by atoms with E-state index < -0.39 is 0 Å². The van der Waals surface area contributed by atoms with Crippen LogP contribution in [0.1, 0.15) is 18.5 Å². The molecule has 1 amide bonds. The molecular weight excluding hydrogens is 338 g/mol. The predicted octanol–water partition coefficient (Wildman–Crippen LogP) is 3.03. The Morgan fingerprint density at radius 3 is 2.75 bits per heavy atom. The fourth-order valence-corrected chi connectivity index (χ4v) is 2.04. The van der Waals surface area contributed by atoms with E-state index in [1.807, 2.05) is 25.1 Å². The number of hydrogen-bond donors (Lipinski definition) is 1. The van der Waals surface area contributed by atoms with Crippen molar-refractivity contribution in [1.82, 2.24) is 5.32 Å². The van der Waals surface area contributed by atoms with Crippen molar-refractivity contribution in [3.05, 3.63) is 28.2 Å². The number of carbonyl (C=O) groups is 1. The third kappa shape index (κ3) is 3.49. The highest BCUT2D eigenvalue weighted by molar-refractivity contribution is 9.10. The van der Waals surface area contributed by atoms with Crippen LogP contribution < -0.4 is 10.1 Å². The van der Waals surface area contributed by atoms with Crippen molar-refractivity contribution in [3.8, 4) is 5.75 Å². The molecule has 0 saturated heterocycles. The van der Waals surface area contributed by atoms with Crippen LogP contribution >= 0.6 is 31.9 Å². The van der Waals surface area contributed by atoms with Gasteiger partial charge in [0, 0.05) is 0 Å². The van der Waals surface area contributed by atoms with Crippen molar-refractivity contribution in [1.29, 1.82) is 0 Å². The minimum atomic E-state index is -0.0283. The van der Waals surface area contributed by atoms with E-state index >= 15 is 0 Å². The lowest BCUT2D eigenvalue weighted by Gasteiger charge is -2.14. The number of alkyl halides is 1. The highest BCUT2D eigenvalue weighted by Crippen LogP contribution is 2.27. The van der Waals surface area contributed by atoms with Gasteiger partial charge in [0.15, 0.2) is 0 Å².